The van der Waals surface area contributed by atoms with Crippen molar-refractivity contribution < 1.29 is 15.0 Å². The minimum absolute atomic E-state index is 0.106. The number of aliphatic hydroxyl groups is 2. The molecule has 3 N–H and O–H groups in total. The highest BCUT2D eigenvalue weighted by molar-refractivity contribution is 5.76. The molecule has 0 aliphatic rings. The van der Waals surface area contributed by atoms with Crippen LogP contribution in [0.1, 0.15) is 271 Å². The fourth-order valence-electron chi connectivity index (χ4n) is 8.18. The Morgan fingerprint density at radius 2 is 0.688 bits per heavy atom. The summed E-state index contributed by atoms with van der Waals surface area (Å²) in [6.45, 7) is 4.19. The number of hydrogen-bond donors (Lipinski definition) is 3. The van der Waals surface area contributed by atoms with Crippen LogP contribution >= 0.6 is 0 Å². The van der Waals surface area contributed by atoms with Gasteiger partial charge in [0.25, 0.3) is 0 Å². The van der Waals surface area contributed by atoms with Crippen LogP contribution in [0.25, 0.3) is 0 Å². The van der Waals surface area contributed by atoms with E-state index in [0.29, 0.717) is 6.42 Å². The molecular formula is C60H107NO3. The van der Waals surface area contributed by atoms with Gasteiger partial charge in [0.2, 0.25) is 5.91 Å². The van der Waals surface area contributed by atoms with Gasteiger partial charge in [0.05, 0.1) is 18.8 Å². The van der Waals surface area contributed by atoms with Gasteiger partial charge in [-0.2, -0.15) is 0 Å². The largest absolute Gasteiger partial charge is 0.394 e. The van der Waals surface area contributed by atoms with Gasteiger partial charge >= 0.3 is 0 Å². The summed E-state index contributed by atoms with van der Waals surface area (Å²) in [5.74, 6) is -0.106. The van der Waals surface area contributed by atoms with E-state index in [1.165, 1.54) is 180 Å². The van der Waals surface area contributed by atoms with Crippen LogP contribution in [-0.2, 0) is 4.79 Å². The quantitative estimate of drug-likeness (QED) is 0.0421. The third-order valence-corrected chi connectivity index (χ3v) is 12.4. The Labute approximate surface area is 399 Å². The van der Waals surface area contributed by atoms with Crippen LogP contribution in [-0.4, -0.2) is 34.9 Å². The maximum absolute atomic E-state index is 12.4. The Hall–Kier alpha value is -2.43. The molecule has 64 heavy (non-hydrogen) atoms. The van der Waals surface area contributed by atoms with E-state index < -0.39 is 12.1 Å². The molecule has 0 rings (SSSR count). The first-order chi connectivity index (χ1) is 31.7. The molecule has 2 unspecified atom stereocenters. The van der Waals surface area contributed by atoms with Crippen LogP contribution in [0.4, 0.5) is 0 Å². The Kier molecular flexibility index (Phi) is 52.8. The number of carbonyl (C=O) groups excluding carboxylic acids is 1. The summed E-state index contributed by atoms with van der Waals surface area (Å²) in [6, 6.07) is -0.652. The summed E-state index contributed by atoms with van der Waals surface area (Å²) in [5, 5.41) is 23.1. The Morgan fingerprint density at radius 3 is 1.03 bits per heavy atom. The zero-order valence-electron chi connectivity index (χ0n) is 42.5. The van der Waals surface area contributed by atoms with Crippen LogP contribution in [0.5, 0.6) is 0 Å². The van der Waals surface area contributed by atoms with E-state index in [0.717, 1.165) is 70.6 Å². The van der Waals surface area contributed by atoms with Crippen molar-refractivity contribution >= 4 is 5.91 Å². The van der Waals surface area contributed by atoms with E-state index in [4.69, 9.17) is 0 Å². The summed E-state index contributed by atoms with van der Waals surface area (Å²) in [7, 11) is 0. The number of hydrogen-bond acceptors (Lipinski definition) is 3. The molecule has 0 aromatic heterocycles. The van der Waals surface area contributed by atoms with Crippen molar-refractivity contribution in [2.24, 2.45) is 0 Å². The zero-order valence-corrected chi connectivity index (χ0v) is 42.5. The van der Waals surface area contributed by atoms with Crippen molar-refractivity contribution in [3.05, 3.63) is 85.1 Å². The van der Waals surface area contributed by atoms with Gasteiger partial charge in [0.1, 0.15) is 0 Å². The van der Waals surface area contributed by atoms with Crippen molar-refractivity contribution in [3.63, 3.8) is 0 Å². The topological polar surface area (TPSA) is 69.6 Å². The molecule has 4 heteroatoms. The molecule has 4 nitrogen and oxygen atoms in total. The van der Waals surface area contributed by atoms with Crippen LogP contribution in [0.2, 0.25) is 0 Å². The van der Waals surface area contributed by atoms with Crippen molar-refractivity contribution in [2.45, 2.75) is 283 Å². The van der Waals surface area contributed by atoms with Crippen LogP contribution in [0, 0.1) is 0 Å². The second kappa shape index (κ2) is 54.9. The number of unbranched alkanes of at least 4 members (excludes halogenated alkanes) is 31. The van der Waals surface area contributed by atoms with Gasteiger partial charge in [-0.25, -0.2) is 0 Å². The average Bonchev–Trinajstić information content (AvgIpc) is 3.30. The molecule has 0 radical (unpaired) electrons. The van der Waals surface area contributed by atoms with Crippen molar-refractivity contribution in [2.75, 3.05) is 6.61 Å². The number of carbonyl (C=O) groups is 1. The molecule has 0 aliphatic carbocycles. The van der Waals surface area contributed by atoms with Gasteiger partial charge in [0.15, 0.2) is 0 Å². The van der Waals surface area contributed by atoms with Crippen molar-refractivity contribution in [1.29, 1.82) is 0 Å². The van der Waals surface area contributed by atoms with Gasteiger partial charge < -0.3 is 15.5 Å². The highest BCUT2D eigenvalue weighted by Crippen LogP contribution is 2.17. The third-order valence-electron chi connectivity index (χ3n) is 12.4. The Balaban J connectivity index is 3.56. The molecule has 2 atom stereocenters. The van der Waals surface area contributed by atoms with Gasteiger partial charge in [0, 0.05) is 6.42 Å². The Morgan fingerprint density at radius 1 is 0.391 bits per heavy atom. The molecule has 0 spiro atoms. The van der Waals surface area contributed by atoms with Gasteiger partial charge in [-0.15, -0.1) is 0 Å². The molecule has 0 heterocycles. The highest BCUT2D eigenvalue weighted by Gasteiger charge is 2.17. The maximum Gasteiger partial charge on any atom is 0.220 e. The normalized spacial score (nSPS) is 13.5. The summed E-state index contributed by atoms with van der Waals surface area (Å²) in [5.41, 5.74) is 0. The number of nitrogens with one attached hydrogen (secondary N) is 1. The monoisotopic (exact) mass is 890 g/mol. The number of allylic oxidation sites excluding steroid dienone is 13. The summed E-state index contributed by atoms with van der Waals surface area (Å²) < 4.78 is 0. The van der Waals surface area contributed by atoms with Gasteiger partial charge in [-0.3, -0.25) is 4.79 Å². The molecule has 0 saturated carbocycles. The first-order valence-electron chi connectivity index (χ1n) is 27.8. The summed E-state index contributed by atoms with van der Waals surface area (Å²) >= 11 is 0. The molecule has 0 fully saturated rings. The van der Waals surface area contributed by atoms with E-state index in [1.54, 1.807) is 6.08 Å². The second-order valence-electron chi connectivity index (χ2n) is 18.6. The highest BCUT2D eigenvalue weighted by atomic mass is 16.3. The molecule has 0 bridgehead atoms. The number of aliphatic hydroxyl groups excluding tert-OH is 2. The molecule has 0 aromatic carbocycles. The molecule has 0 aromatic rings. The van der Waals surface area contributed by atoms with Crippen LogP contribution < -0.4 is 5.32 Å². The minimum atomic E-state index is -0.864. The minimum Gasteiger partial charge on any atom is -0.394 e. The van der Waals surface area contributed by atoms with Crippen molar-refractivity contribution in [1.82, 2.24) is 5.32 Å². The fraction of sp³-hybridized carbons (Fsp3) is 0.750. The predicted octanol–water partition coefficient (Wildman–Crippen LogP) is 18.4. The van der Waals surface area contributed by atoms with E-state index in [1.807, 2.05) is 6.08 Å². The molecular weight excluding hydrogens is 783 g/mol. The second-order valence-corrected chi connectivity index (χ2v) is 18.6. The first-order valence-corrected chi connectivity index (χ1v) is 27.8. The summed E-state index contributed by atoms with van der Waals surface area (Å²) in [4.78, 5) is 12.4. The van der Waals surface area contributed by atoms with Crippen LogP contribution in [0.3, 0.4) is 0 Å². The standard InChI is InChI=1S/C60H107NO3/c1-3-5-7-9-11-13-15-17-19-21-23-25-26-27-28-29-30-31-32-33-34-36-37-39-41-43-45-47-49-51-53-55-59(63)58(57-62)61-60(64)56-54-52-50-48-46-44-42-40-38-35-24-22-20-18-16-14-12-10-8-6-4-2/h6,8,12,14,18,20,24,35,40,42,46,48,53,55,58-59,62-63H,3-5,7,9-11,13,15-17,19,21-23,25-34,36-39,41,43-45,47,49-52,54,56-57H2,1-2H3,(H,61,64)/b8-6-,14-12-,20-18-,35-24-,42-40-,48-46-,55-53+. The van der Waals surface area contributed by atoms with Gasteiger partial charge in [-0.1, -0.05) is 279 Å². The van der Waals surface area contributed by atoms with Crippen molar-refractivity contribution in [3.8, 4) is 0 Å². The summed E-state index contributed by atoms with van der Waals surface area (Å²) in [6.07, 6.45) is 80.3. The van der Waals surface area contributed by atoms with E-state index in [9.17, 15) is 15.0 Å². The molecule has 0 aliphatic heterocycles. The lowest BCUT2D eigenvalue weighted by Crippen LogP contribution is -2.45. The predicted molar refractivity (Wildman–Crippen MR) is 285 cm³/mol. The SMILES string of the molecule is CC/C=C\C/C=C\C/C=C\C/C=C\C/C=C\C/C=C\CCCCC(=O)NC(CO)C(O)/C=C/CCCCCCCCCCCCCCCCCCCCCCCCCCCCCCC. The average molecular weight is 891 g/mol. The fourth-order valence-corrected chi connectivity index (χ4v) is 8.18. The lowest BCUT2D eigenvalue weighted by Gasteiger charge is -2.19. The van der Waals surface area contributed by atoms with Gasteiger partial charge in [-0.05, 0) is 70.6 Å². The molecule has 370 valence electrons. The zero-order chi connectivity index (χ0) is 46.3. The number of rotatable bonds is 50. The molecule has 1 amide bonds. The lowest BCUT2D eigenvalue weighted by atomic mass is 10.0. The smallest absolute Gasteiger partial charge is 0.220 e. The molecule has 0 saturated heterocycles. The Bertz CT molecular complexity index is 1150. The van der Waals surface area contributed by atoms with Crippen LogP contribution in [0.15, 0.2) is 85.1 Å². The first kappa shape index (κ1) is 61.6. The third kappa shape index (κ3) is 50.6. The van der Waals surface area contributed by atoms with E-state index in [2.05, 4.69) is 92.1 Å². The maximum atomic E-state index is 12.4. The van der Waals surface area contributed by atoms with E-state index >= 15 is 0 Å². The lowest BCUT2D eigenvalue weighted by molar-refractivity contribution is -0.123. The number of amides is 1. The van der Waals surface area contributed by atoms with E-state index in [-0.39, 0.29) is 12.5 Å².